The third-order valence-electron chi connectivity index (χ3n) is 4.92. The normalized spacial score (nSPS) is 13.9. The van der Waals surface area contributed by atoms with Crippen molar-refractivity contribution in [1.29, 1.82) is 0 Å². The second-order valence-electron chi connectivity index (χ2n) is 7.16. The number of hydrogen-bond donors (Lipinski definition) is 1. The lowest BCUT2D eigenvalue weighted by atomic mass is 10.1. The van der Waals surface area contributed by atoms with Crippen LogP contribution in [0.3, 0.4) is 0 Å². The zero-order valence-electron chi connectivity index (χ0n) is 17.4. The Morgan fingerprint density at radius 2 is 1.69 bits per heavy atom. The quantitative estimate of drug-likeness (QED) is 0.853. The lowest BCUT2D eigenvalue weighted by Gasteiger charge is -2.34. The van der Waals surface area contributed by atoms with Gasteiger partial charge < -0.3 is 19.9 Å². The molecule has 2 heterocycles. The molecule has 1 saturated heterocycles. The Morgan fingerprint density at radius 3 is 2.24 bits per heavy atom. The molecule has 1 aromatic carbocycles. The van der Waals surface area contributed by atoms with E-state index < -0.39 is 0 Å². The maximum absolute atomic E-state index is 12.6. The minimum absolute atomic E-state index is 0.262. The third-order valence-corrected chi connectivity index (χ3v) is 4.92. The zero-order chi connectivity index (χ0) is 21.0. The first kappa shape index (κ1) is 20.6. The molecule has 0 spiro atoms. The van der Waals surface area contributed by atoms with E-state index in [2.05, 4.69) is 15.3 Å². The lowest BCUT2D eigenvalue weighted by molar-refractivity contribution is 0.101. The number of aromatic nitrogens is 2. The largest absolute Gasteiger partial charge is 0.450 e. The van der Waals surface area contributed by atoms with Gasteiger partial charge in [-0.15, -0.1) is 0 Å². The summed E-state index contributed by atoms with van der Waals surface area (Å²) in [6.07, 6.45) is 2.80. The monoisotopic (exact) mass is 397 g/mol. The van der Waals surface area contributed by atoms with E-state index in [1.54, 1.807) is 18.0 Å². The number of nitrogens with zero attached hydrogens (tertiary/aromatic N) is 4. The van der Waals surface area contributed by atoms with E-state index >= 15 is 0 Å². The molecule has 2 amide bonds. The molecule has 8 nitrogen and oxygen atoms in total. The van der Waals surface area contributed by atoms with Crippen LogP contribution in [-0.2, 0) is 4.74 Å². The van der Waals surface area contributed by atoms with Gasteiger partial charge in [-0.2, -0.15) is 0 Å². The number of hydrogen-bond acceptors (Lipinski definition) is 6. The molecule has 0 atom stereocenters. The summed E-state index contributed by atoms with van der Waals surface area (Å²) in [5, 5.41) is 2.94. The first-order valence-electron chi connectivity index (χ1n) is 9.77. The molecular weight excluding hydrogens is 370 g/mol. The van der Waals surface area contributed by atoms with Crippen LogP contribution >= 0.6 is 0 Å². The molecule has 154 valence electrons. The molecule has 1 N–H and O–H groups in total. The Bertz CT molecular complexity index is 867. The Balaban J connectivity index is 1.62. The van der Waals surface area contributed by atoms with Crippen molar-refractivity contribution in [1.82, 2.24) is 14.9 Å². The fourth-order valence-corrected chi connectivity index (χ4v) is 3.49. The number of benzene rings is 1. The standard InChI is InChI=1S/C21H27N5O3/c1-5-29-21(28)26-8-6-25(7-9-26)18-13-22-17(12-23-18)20(27)24-19-15(3)10-14(2)11-16(19)4/h10-13H,5-9H2,1-4H3,(H,24,27). The number of nitrogens with one attached hydrogen (secondary N) is 1. The molecule has 1 aromatic heterocycles. The number of rotatable bonds is 4. The van der Waals surface area contributed by atoms with Crippen molar-refractivity contribution < 1.29 is 14.3 Å². The zero-order valence-corrected chi connectivity index (χ0v) is 17.4. The van der Waals surface area contributed by atoms with Crippen LogP contribution in [0, 0.1) is 20.8 Å². The van der Waals surface area contributed by atoms with Crippen LogP contribution in [0.25, 0.3) is 0 Å². The molecule has 0 saturated carbocycles. The number of amides is 2. The third kappa shape index (κ3) is 4.82. The minimum atomic E-state index is -0.286. The Morgan fingerprint density at radius 1 is 1.03 bits per heavy atom. The van der Waals surface area contributed by atoms with Crippen molar-refractivity contribution in [2.45, 2.75) is 27.7 Å². The molecule has 2 aromatic rings. The highest BCUT2D eigenvalue weighted by Crippen LogP contribution is 2.22. The van der Waals surface area contributed by atoms with Gasteiger partial charge >= 0.3 is 6.09 Å². The topological polar surface area (TPSA) is 87.7 Å². The van der Waals surface area contributed by atoms with Gasteiger partial charge in [0.2, 0.25) is 0 Å². The molecule has 0 radical (unpaired) electrons. The molecule has 0 bridgehead atoms. The number of ether oxygens (including phenoxy) is 1. The van der Waals surface area contributed by atoms with Crippen LogP contribution in [0.4, 0.5) is 16.3 Å². The van der Waals surface area contributed by atoms with Crippen LogP contribution in [0.5, 0.6) is 0 Å². The summed E-state index contributed by atoms with van der Waals surface area (Å²) in [6.45, 7) is 10.5. The van der Waals surface area contributed by atoms with Gasteiger partial charge in [0.25, 0.3) is 5.91 Å². The van der Waals surface area contributed by atoms with Crippen molar-refractivity contribution in [2.75, 3.05) is 43.0 Å². The molecule has 1 aliphatic rings. The average molecular weight is 397 g/mol. The van der Waals surface area contributed by atoms with E-state index in [0.717, 1.165) is 22.4 Å². The van der Waals surface area contributed by atoms with E-state index in [0.29, 0.717) is 38.6 Å². The first-order valence-corrected chi connectivity index (χ1v) is 9.77. The smallest absolute Gasteiger partial charge is 0.409 e. The average Bonchev–Trinajstić information content (AvgIpc) is 2.71. The molecule has 0 aliphatic carbocycles. The fraction of sp³-hybridized carbons (Fsp3) is 0.429. The van der Waals surface area contributed by atoms with Crippen molar-refractivity contribution in [2.24, 2.45) is 0 Å². The van der Waals surface area contributed by atoms with Crippen molar-refractivity contribution in [3.63, 3.8) is 0 Å². The van der Waals surface area contributed by atoms with Crippen LogP contribution < -0.4 is 10.2 Å². The molecule has 1 fully saturated rings. The van der Waals surface area contributed by atoms with Crippen molar-refractivity contribution in [3.8, 4) is 0 Å². The second kappa shape index (κ2) is 8.89. The lowest BCUT2D eigenvalue weighted by Crippen LogP contribution is -2.49. The van der Waals surface area contributed by atoms with E-state index in [1.165, 1.54) is 6.20 Å². The number of carbonyl (C=O) groups excluding carboxylic acids is 2. The van der Waals surface area contributed by atoms with Gasteiger partial charge in [0, 0.05) is 31.9 Å². The minimum Gasteiger partial charge on any atom is -0.450 e. The summed E-state index contributed by atoms with van der Waals surface area (Å²) in [4.78, 5) is 36.8. The maximum Gasteiger partial charge on any atom is 0.409 e. The summed E-state index contributed by atoms with van der Waals surface area (Å²) < 4.78 is 5.03. The highest BCUT2D eigenvalue weighted by Gasteiger charge is 2.23. The van der Waals surface area contributed by atoms with Gasteiger partial charge in [0.1, 0.15) is 11.5 Å². The van der Waals surface area contributed by atoms with Crippen LogP contribution in [0.15, 0.2) is 24.5 Å². The molecule has 3 rings (SSSR count). The van der Waals surface area contributed by atoms with Crippen LogP contribution in [0.1, 0.15) is 34.1 Å². The van der Waals surface area contributed by atoms with Gasteiger partial charge in [-0.1, -0.05) is 17.7 Å². The Labute approximate surface area is 170 Å². The van der Waals surface area contributed by atoms with Crippen LogP contribution in [-0.4, -0.2) is 59.7 Å². The number of carbonyl (C=O) groups is 2. The van der Waals surface area contributed by atoms with E-state index in [9.17, 15) is 9.59 Å². The predicted octanol–water partition coefficient (Wildman–Crippen LogP) is 2.93. The fourth-order valence-electron chi connectivity index (χ4n) is 3.49. The second-order valence-corrected chi connectivity index (χ2v) is 7.16. The number of anilines is 2. The van der Waals surface area contributed by atoms with E-state index in [1.807, 2.05) is 37.8 Å². The predicted molar refractivity (Wildman–Crippen MR) is 111 cm³/mol. The summed E-state index contributed by atoms with van der Waals surface area (Å²) >= 11 is 0. The summed E-state index contributed by atoms with van der Waals surface area (Å²) in [7, 11) is 0. The Hall–Kier alpha value is -3.16. The van der Waals surface area contributed by atoms with Gasteiger partial charge in [-0.3, -0.25) is 4.79 Å². The van der Waals surface area contributed by atoms with Gasteiger partial charge in [0.15, 0.2) is 0 Å². The van der Waals surface area contributed by atoms with Gasteiger partial charge in [0.05, 0.1) is 19.0 Å². The molecule has 29 heavy (non-hydrogen) atoms. The maximum atomic E-state index is 12.6. The highest BCUT2D eigenvalue weighted by molar-refractivity contribution is 6.03. The summed E-state index contributed by atoms with van der Waals surface area (Å²) in [6, 6.07) is 4.07. The van der Waals surface area contributed by atoms with Crippen LogP contribution in [0.2, 0.25) is 0 Å². The summed E-state index contributed by atoms with van der Waals surface area (Å²) in [5.41, 5.74) is 4.25. The number of piperazine rings is 1. The number of aryl methyl sites for hydroxylation is 3. The molecule has 0 unspecified atom stereocenters. The molecular formula is C21H27N5O3. The van der Waals surface area contributed by atoms with Crippen molar-refractivity contribution >= 4 is 23.5 Å². The molecule has 1 aliphatic heterocycles. The Kier molecular flexibility index (Phi) is 6.31. The first-order chi connectivity index (χ1) is 13.9. The SMILES string of the molecule is CCOC(=O)N1CCN(c2cnc(C(=O)Nc3c(C)cc(C)cc3C)cn2)CC1. The molecule has 8 heteroatoms. The van der Waals surface area contributed by atoms with E-state index in [-0.39, 0.29) is 17.7 Å². The van der Waals surface area contributed by atoms with Gasteiger partial charge in [-0.05, 0) is 38.8 Å². The highest BCUT2D eigenvalue weighted by atomic mass is 16.6. The van der Waals surface area contributed by atoms with Gasteiger partial charge in [-0.25, -0.2) is 14.8 Å². The summed E-state index contributed by atoms with van der Waals surface area (Å²) in [5.74, 6) is 0.402. The van der Waals surface area contributed by atoms with E-state index in [4.69, 9.17) is 4.74 Å². The van der Waals surface area contributed by atoms with Crippen molar-refractivity contribution in [3.05, 3.63) is 46.9 Å².